The molecule has 0 saturated heterocycles. The summed E-state index contributed by atoms with van der Waals surface area (Å²) in [6.07, 6.45) is 0. The van der Waals surface area contributed by atoms with Crippen LogP contribution in [-0.4, -0.2) is 0 Å². The van der Waals surface area contributed by atoms with Gasteiger partial charge in [0.1, 0.15) is 11.2 Å². The van der Waals surface area contributed by atoms with Crippen molar-refractivity contribution in [2.75, 3.05) is 0 Å². The third-order valence-electron chi connectivity index (χ3n) is 6.35. The number of rotatable bonds is 2. The first-order valence-electron chi connectivity index (χ1n) is 11.0. The standard InChI is InChI=1S/C28H16O2S4/c1-13-7-21(31-11-13)23-9-17-19(33-23)5-3-15-25(17)29-28-16-4-6-20-18(26(16)30-27(15)28)10-24(34-20)22-8-14(2)12-32-22/h3-12H,1-2H3. The molecule has 0 spiro atoms. The number of fused-ring (bicyclic) bond motifs is 9. The fraction of sp³-hybridized carbons (Fsp3) is 0.0714. The molecular weight excluding hydrogens is 497 g/mol. The van der Waals surface area contributed by atoms with Gasteiger partial charge in [0.2, 0.25) is 0 Å². The van der Waals surface area contributed by atoms with Crippen molar-refractivity contribution in [1.29, 1.82) is 0 Å². The summed E-state index contributed by atoms with van der Waals surface area (Å²) < 4.78 is 15.6. The molecule has 0 saturated carbocycles. The van der Waals surface area contributed by atoms with E-state index in [1.165, 1.54) is 40.0 Å². The minimum Gasteiger partial charge on any atom is -0.451 e. The maximum Gasteiger partial charge on any atom is 0.181 e. The smallest absolute Gasteiger partial charge is 0.181 e. The van der Waals surface area contributed by atoms with Gasteiger partial charge in [-0.2, -0.15) is 0 Å². The second-order valence-corrected chi connectivity index (χ2v) is 12.8. The first kappa shape index (κ1) is 19.4. The molecule has 0 aliphatic carbocycles. The summed E-state index contributed by atoms with van der Waals surface area (Å²) in [4.78, 5) is 5.19. The quantitative estimate of drug-likeness (QED) is 0.230. The molecule has 0 aliphatic rings. The summed E-state index contributed by atoms with van der Waals surface area (Å²) in [6, 6.07) is 17.7. The summed E-state index contributed by atoms with van der Waals surface area (Å²) >= 11 is 7.24. The topological polar surface area (TPSA) is 26.3 Å². The van der Waals surface area contributed by atoms with Crippen LogP contribution in [0.25, 0.3) is 72.8 Å². The summed E-state index contributed by atoms with van der Waals surface area (Å²) in [5.41, 5.74) is 6.15. The minimum atomic E-state index is 0.846. The van der Waals surface area contributed by atoms with E-state index in [4.69, 9.17) is 8.83 Å². The molecule has 8 aromatic rings. The average molecular weight is 513 g/mol. The molecule has 0 N–H and O–H groups in total. The Labute approximate surface area is 210 Å². The Kier molecular flexibility index (Phi) is 3.90. The zero-order valence-corrected chi connectivity index (χ0v) is 21.5. The second kappa shape index (κ2) is 6.83. The summed E-state index contributed by atoms with van der Waals surface area (Å²) in [7, 11) is 0. The van der Waals surface area contributed by atoms with E-state index < -0.39 is 0 Å². The van der Waals surface area contributed by atoms with Crippen LogP contribution < -0.4 is 0 Å². The van der Waals surface area contributed by atoms with Crippen molar-refractivity contribution in [1.82, 2.24) is 0 Å². The maximum absolute atomic E-state index is 6.54. The molecule has 0 bridgehead atoms. The molecule has 6 aromatic heterocycles. The summed E-state index contributed by atoms with van der Waals surface area (Å²) in [5, 5.41) is 8.83. The zero-order chi connectivity index (χ0) is 22.6. The highest BCUT2D eigenvalue weighted by Crippen LogP contribution is 2.46. The van der Waals surface area contributed by atoms with Gasteiger partial charge in [-0.3, -0.25) is 0 Å². The van der Waals surface area contributed by atoms with Crippen LogP contribution in [0.2, 0.25) is 0 Å². The van der Waals surface area contributed by atoms with Gasteiger partial charge in [0.15, 0.2) is 11.2 Å². The lowest BCUT2D eigenvalue weighted by Gasteiger charge is -1.93. The number of aryl methyl sites for hydroxylation is 2. The number of furan rings is 2. The normalized spacial score (nSPS) is 12.4. The van der Waals surface area contributed by atoms with E-state index in [-0.39, 0.29) is 0 Å². The van der Waals surface area contributed by atoms with Crippen molar-refractivity contribution >= 4 is 98.6 Å². The van der Waals surface area contributed by atoms with Crippen molar-refractivity contribution in [3.8, 4) is 19.5 Å². The van der Waals surface area contributed by atoms with Crippen molar-refractivity contribution in [3.63, 3.8) is 0 Å². The lowest BCUT2D eigenvalue weighted by atomic mass is 10.1. The number of hydrogen-bond donors (Lipinski definition) is 0. The number of benzene rings is 2. The van der Waals surface area contributed by atoms with Gasteiger partial charge in [0.25, 0.3) is 0 Å². The van der Waals surface area contributed by atoms with Crippen molar-refractivity contribution in [2.45, 2.75) is 13.8 Å². The molecule has 8 rings (SSSR count). The van der Waals surface area contributed by atoms with Crippen molar-refractivity contribution in [2.24, 2.45) is 0 Å². The molecule has 2 nitrogen and oxygen atoms in total. The second-order valence-electron chi connectivity index (χ2n) is 8.77. The molecule has 6 heterocycles. The Morgan fingerprint density at radius 2 is 0.971 bits per heavy atom. The fourth-order valence-corrected chi connectivity index (χ4v) is 8.87. The Hall–Kier alpha value is -2.90. The SMILES string of the molecule is Cc1csc(-c2cc3c(ccc4c3oc3c5ccc6sc(-c7cc(C)cs7)cc6c5oc43)s2)c1. The lowest BCUT2D eigenvalue weighted by molar-refractivity contribution is 0.656. The minimum absolute atomic E-state index is 0.846. The Morgan fingerprint density at radius 1 is 0.500 bits per heavy atom. The van der Waals surface area contributed by atoms with Gasteiger partial charge < -0.3 is 8.83 Å². The Morgan fingerprint density at radius 3 is 1.38 bits per heavy atom. The molecule has 0 radical (unpaired) electrons. The number of hydrogen-bond acceptors (Lipinski definition) is 6. The molecule has 0 atom stereocenters. The monoisotopic (exact) mass is 512 g/mol. The highest BCUT2D eigenvalue weighted by Gasteiger charge is 2.21. The summed E-state index contributed by atoms with van der Waals surface area (Å²) in [6.45, 7) is 4.29. The molecule has 34 heavy (non-hydrogen) atoms. The van der Waals surface area contributed by atoms with Gasteiger partial charge in [0.05, 0.1) is 10.8 Å². The van der Waals surface area contributed by atoms with E-state index in [2.05, 4.69) is 73.1 Å². The molecule has 0 aliphatic heterocycles. The predicted octanol–water partition coefficient (Wildman–Crippen LogP) is 10.8. The van der Waals surface area contributed by atoms with E-state index in [1.54, 1.807) is 22.7 Å². The first-order chi connectivity index (χ1) is 16.6. The molecule has 0 unspecified atom stereocenters. The van der Waals surface area contributed by atoms with Gasteiger partial charge in [-0.1, -0.05) is 0 Å². The van der Waals surface area contributed by atoms with Gasteiger partial charge in [-0.15, -0.1) is 45.3 Å². The van der Waals surface area contributed by atoms with Crippen LogP contribution in [0.3, 0.4) is 0 Å². The van der Waals surface area contributed by atoms with Gasteiger partial charge >= 0.3 is 0 Å². The van der Waals surface area contributed by atoms with Crippen LogP contribution in [-0.2, 0) is 0 Å². The van der Waals surface area contributed by atoms with Crippen LogP contribution in [0, 0.1) is 13.8 Å². The van der Waals surface area contributed by atoms with E-state index in [1.807, 2.05) is 22.7 Å². The molecular formula is C28H16O2S4. The van der Waals surface area contributed by atoms with Crippen LogP contribution in [0.1, 0.15) is 11.1 Å². The van der Waals surface area contributed by atoms with Crippen LogP contribution >= 0.6 is 45.3 Å². The molecule has 164 valence electrons. The van der Waals surface area contributed by atoms with E-state index in [0.717, 1.165) is 43.9 Å². The summed E-state index contributed by atoms with van der Waals surface area (Å²) in [5.74, 6) is 0. The molecule has 0 amide bonds. The third-order valence-corrected chi connectivity index (χ3v) is 11.0. The highest BCUT2D eigenvalue weighted by molar-refractivity contribution is 7.26. The Bertz CT molecular complexity index is 1900. The van der Waals surface area contributed by atoms with E-state index >= 15 is 0 Å². The Balaban J connectivity index is 1.37. The van der Waals surface area contributed by atoms with E-state index in [0.29, 0.717) is 0 Å². The average Bonchev–Trinajstić information content (AvgIpc) is 3.62. The van der Waals surface area contributed by atoms with Crippen molar-refractivity contribution < 1.29 is 8.83 Å². The maximum atomic E-state index is 6.54. The first-order valence-corrected chi connectivity index (χ1v) is 14.4. The third kappa shape index (κ3) is 2.65. The van der Waals surface area contributed by atoms with Gasteiger partial charge in [-0.25, -0.2) is 0 Å². The van der Waals surface area contributed by atoms with Crippen LogP contribution in [0.4, 0.5) is 0 Å². The van der Waals surface area contributed by atoms with Crippen LogP contribution in [0.5, 0.6) is 0 Å². The van der Waals surface area contributed by atoms with E-state index in [9.17, 15) is 0 Å². The highest BCUT2D eigenvalue weighted by atomic mass is 32.1. The van der Waals surface area contributed by atoms with Crippen LogP contribution in [0.15, 0.2) is 68.1 Å². The fourth-order valence-electron chi connectivity index (χ4n) is 4.77. The molecule has 0 fully saturated rings. The molecule has 6 heteroatoms. The van der Waals surface area contributed by atoms with Crippen molar-refractivity contribution in [3.05, 3.63) is 70.4 Å². The van der Waals surface area contributed by atoms with Gasteiger partial charge in [-0.05, 0) is 84.3 Å². The lowest BCUT2D eigenvalue weighted by Crippen LogP contribution is -1.68. The number of thiophene rings is 4. The van der Waals surface area contributed by atoms with Gasteiger partial charge in [0, 0.05) is 39.7 Å². The largest absolute Gasteiger partial charge is 0.451 e. The molecule has 2 aromatic carbocycles. The predicted molar refractivity (Wildman–Crippen MR) is 150 cm³/mol. The zero-order valence-electron chi connectivity index (χ0n) is 18.2.